The van der Waals surface area contributed by atoms with E-state index in [9.17, 15) is 4.79 Å². The van der Waals surface area contributed by atoms with Crippen LogP contribution in [0.1, 0.15) is 71.1 Å². The van der Waals surface area contributed by atoms with Crippen LogP contribution in [0.5, 0.6) is 0 Å². The van der Waals surface area contributed by atoms with Crippen molar-refractivity contribution >= 4 is 33.5 Å². The number of carbonyl (C=O) groups is 1. The van der Waals surface area contributed by atoms with E-state index in [1.165, 1.54) is 44.9 Å². The highest BCUT2D eigenvalue weighted by Crippen LogP contribution is 2.27. The molecule has 1 aromatic heterocycles. The number of carboxylic acid groups (broad SMARTS) is 1. The molecule has 29 heavy (non-hydrogen) atoms. The molecule has 4 heteroatoms. The summed E-state index contributed by atoms with van der Waals surface area (Å²) in [6, 6.07) is 15.9. The third-order valence-electron chi connectivity index (χ3n) is 5.12. The maximum atomic E-state index is 10.2. The smallest absolute Gasteiger partial charge is 0.303 e. The highest BCUT2D eigenvalue weighted by Gasteiger charge is 2.04. The maximum Gasteiger partial charge on any atom is 0.303 e. The Hall–Kier alpha value is -2.62. The van der Waals surface area contributed by atoms with Crippen molar-refractivity contribution in [2.75, 3.05) is 5.73 Å². The number of fused-ring (bicyclic) bond motifs is 2. The van der Waals surface area contributed by atoms with Gasteiger partial charge in [-0.1, -0.05) is 94.7 Å². The summed E-state index contributed by atoms with van der Waals surface area (Å²) in [6.45, 7) is 2.23. The molecule has 0 amide bonds. The van der Waals surface area contributed by atoms with Gasteiger partial charge in [-0.3, -0.25) is 4.79 Å². The van der Waals surface area contributed by atoms with Gasteiger partial charge in [0, 0.05) is 17.2 Å². The van der Waals surface area contributed by atoms with E-state index in [-0.39, 0.29) is 0 Å². The second-order valence-corrected chi connectivity index (χ2v) is 7.53. The number of carboxylic acids is 1. The summed E-state index contributed by atoms with van der Waals surface area (Å²) >= 11 is 0. The van der Waals surface area contributed by atoms with E-state index >= 15 is 0 Å². The molecular weight excluding hydrogens is 360 g/mol. The predicted molar refractivity (Wildman–Crippen MR) is 123 cm³/mol. The van der Waals surface area contributed by atoms with Gasteiger partial charge in [0.1, 0.15) is 0 Å². The van der Waals surface area contributed by atoms with Crippen molar-refractivity contribution < 1.29 is 9.90 Å². The first-order chi connectivity index (χ1) is 14.1. The van der Waals surface area contributed by atoms with Crippen LogP contribution in [0, 0.1) is 0 Å². The molecule has 1 heterocycles. The Labute approximate surface area is 174 Å². The van der Waals surface area contributed by atoms with Crippen LogP contribution in [-0.2, 0) is 4.79 Å². The van der Waals surface area contributed by atoms with Crippen molar-refractivity contribution in [1.82, 2.24) is 4.98 Å². The van der Waals surface area contributed by atoms with Crippen LogP contribution in [0.15, 0.2) is 48.5 Å². The molecule has 0 saturated heterocycles. The fraction of sp³-hybridized carbons (Fsp3) is 0.440. The zero-order valence-electron chi connectivity index (χ0n) is 17.6. The fourth-order valence-electron chi connectivity index (χ4n) is 3.46. The van der Waals surface area contributed by atoms with Crippen molar-refractivity contribution in [1.29, 1.82) is 0 Å². The molecule has 156 valence electrons. The van der Waals surface area contributed by atoms with E-state index in [0.717, 1.165) is 40.3 Å². The van der Waals surface area contributed by atoms with E-state index in [0.29, 0.717) is 6.42 Å². The Morgan fingerprint density at radius 2 is 1.24 bits per heavy atom. The summed E-state index contributed by atoms with van der Waals surface area (Å²) in [5.41, 5.74) is 8.84. The molecule has 0 radical (unpaired) electrons. The minimum Gasteiger partial charge on any atom is -0.481 e. The lowest BCUT2D eigenvalue weighted by Crippen LogP contribution is -1.93. The van der Waals surface area contributed by atoms with E-state index in [4.69, 9.17) is 10.8 Å². The number of nitrogens with two attached hydrogens (primary N) is 1. The largest absolute Gasteiger partial charge is 0.481 e. The van der Waals surface area contributed by atoms with Gasteiger partial charge in [-0.25, -0.2) is 4.98 Å². The van der Waals surface area contributed by atoms with Gasteiger partial charge in [-0.2, -0.15) is 0 Å². The first-order valence-electron chi connectivity index (χ1n) is 10.9. The third kappa shape index (κ3) is 7.72. The number of aliphatic carboxylic acids is 1. The van der Waals surface area contributed by atoms with Gasteiger partial charge < -0.3 is 10.8 Å². The molecule has 3 N–H and O–H groups in total. The highest BCUT2D eigenvalue weighted by atomic mass is 16.4. The number of nitrogens with zero attached hydrogens (tertiary/aromatic N) is 1. The van der Waals surface area contributed by atoms with Gasteiger partial charge in [-0.15, -0.1) is 0 Å². The first-order valence-corrected chi connectivity index (χ1v) is 10.9. The number of pyridine rings is 1. The minimum atomic E-state index is -0.659. The SMILES string of the molecule is CCCCCCCCCCCC(=O)O.Nc1c2ccccc2nc2ccccc12. The zero-order chi connectivity index (χ0) is 20.9. The van der Waals surface area contributed by atoms with Crippen LogP contribution in [0.2, 0.25) is 0 Å². The molecule has 0 aliphatic heterocycles. The van der Waals surface area contributed by atoms with Gasteiger partial charge in [0.2, 0.25) is 0 Å². The first kappa shape index (κ1) is 22.7. The molecule has 0 spiro atoms. The summed E-state index contributed by atoms with van der Waals surface area (Å²) < 4.78 is 0. The molecule has 0 unspecified atom stereocenters. The number of rotatable bonds is 10. The summed E-state index contributed by atoms with van der Waals surface area (Å²) in [4.78, 5) is 14.8. The number of unbranched alkanes of at least 4 members (excludes halogenated alkanes) is 8. The van der Waals surface area contributed by atoms with Crippen LogP contribution < -0.4 is 5.73 Å². The van der Waals surface area contributed by atoms with Crippen molar-refractivity contribution in [3.8, 4) is 0 Å². The summed E-state index contributed by atoms with van der Waals surface area (Å²) in [6.07, 6.45) is 11.5. The normalized spacial score (nSPS) is 10.7. The second kappa shape index (κ2) is 12.8. The van der Waals surface area contributed by atoms with Gasteiger partial charge in [-0.05, 0) is 18.6 Å². The molecule has 0 fully saturated rings. The molecular formula is C25H34N2O2. The van der Waals surface area contributed by atoms with Gasteiger partial charge in [0.25, 0.3) is 0 Å². The molecule has 0 bridgehead atoms. The summed E-state index contributed by atoms with van der Waals surface area (Å²) in [5.74, 6) is -0.659. The number of aromatic nitrogens is 1. The number of hydrogen-bond donors (Lipinski definition) is 2. The zero-order valence-corrected chi connectivity index (χ0v) is 17.6. The van der Waals surface area contributed by atoms with E-state index in [2.05, 4.69) is 11.9 Å². The molecule has 3 aromatic rings. The Balaban J connectivity index is 0.000000208. The molecule has 0 aliphatic carbocycles. The lowest BCUT2D eigenvalue weighted by Gasteiger charge is -2.05. The Morgan fingerprint density at radius 3 is 1.72 bits per heavy atom. The molecule has 0 saturated carbocycles. The minimum absolute atomic E-state index is 0.343. The van der Waals surface area contributed by atoms with Crippen LogP contribution in [-0.4, -0.2) is 16.1 Å². The molecule has 3 rings (SSSR count). The Kier molecular flexibility index (Phi) is 9.98. The average Bonchev–Trinajstić information content (AvgIpc) is 2.73. The topological polar surface area (TPSA) is 76.2 Å². The van der Waals surface area contributed by atoms with Crippen LogP contribution in [0.4, 0.5) is 5.69 Å². The predicted octanol–water partition coefficient (Wildman–Crippen LogP) is 6.96. The standard InChI is InChI=1S/C13H10N2.C12H24O2/c14-13-9-5-1-3-7-11(9)15-12-8-4-2-6-10(12)13;1-2-3-4-5-6-7-8-9-10-11-12(13)14/h1-8H,(H2,14,15);2-11H2,1H3,(H,13,14). The number of hydrogen-bond acceptors (Lipinski definition) is 3. The van der Waals surface area contributed by atoms with Gasteiger partial charge in [0.15, 0.2) is 0 Å². The number of para-hydroxylation sites is 2. The Morgan fingerprint density at radius 1 is 0.793 bits per heavy atom. The van der Waals surface area contributed by atoms with Crippen molar-refractivity contribution in [3.63, 3.8) is 0 Å². The van der Waals surface area contributed by atoms with E-state index in [1.807, 2.05) is 48.5 Å². The number of nitrogen functional groups attached to an aromatic ring is 1. The van der Waals surface area contributed by atoms with E-state index in [1.54, 1.807) is 0 Å². The molecule has 4 nitrogen and oxygen atoms in total. The van der Waals surface area contributed by atoms with Gasteiger partial charge >= 0.3 is 5.97 Å². The monoisotopic (exact) mass is 394 g/mol. The van der Waals surface area contributed by atoms with E-state index < -0.39 is 5.97 Å². The second-order valence-electron chi connectivity index (χ2n) is 7.53. The quantitative estimate of drug-likeness (QED) is 0.288. The third-order valence-corrected chi connectivity index (χ3v) is 5.12. The lowest BCUT2D eigenvalue weighted by atomic mass is 10.1. The van der Waals surface area contributed by atoms with Crippen molar-refractivity contribution in [2.24, 2.45) is 0 Å². The van der Waals surface area contributed by atoms with Crippen molar-refractivity contribution in [2.45, 2.75) is 71.1 Å². The lowest BCUT2D eigenvalue weighted by molar-refractivity contribution is -0.137. The maximum absolute atomic E-state index is 10.2. The van der Waals surface area contributed by atoms with Gasteiger partial charge in [0.05, 0.1) is 16.7 Å². The number of anilines is 1. The van der Waals surface area contributed by atoms with Crippen LogP contribution >= 0.6 is 0 Å². The van der Waals surface area contributed by atoms with Crippen molar-refractivity contribution in [3.05, 3.63) is 48.5 Å². The van der Waals surface area contributed by atoms with Crippen LogP contribution in [0.25, 0.3) is 21.8 Å². The summed E-state index contributed by atoms with van der Waals surface area (Å²) in [5, 5.41) is 10.5. The summed E-state index contributed by atoms with van der Waals surface area (Å²) in [7, 11) is 0. The molecule has 0 atom stereocenters. The average molecular weight is 395 g/mol. The fourth-order valence-corrected chi connectivity index (χ4v) is 3.46. The number of benzene rings is 2. The van der Waals surface area contributed by atoms with Crippen LogP contribution in [0.3, 0.4) is 0 Å². The molecule has 0 aliphatic rings. The molecule has 2 aromatic carbocycles. The Bertz CT molecular complexity index is 838. The highest BCUT2D eigenvalue weighted by molar-refractivity contribution is 6.06.